The molecule has 0 aromatic rings. The van der Waals surface area contributed by atoms with Crippen LogP contribution in [-0.4, -0.2) is 64.5 Å². The first-order valence-corrected chi connectivity index (χ1v) is 7.38. The van der Waals surface area contributed by atoms with Crippen LogP contribution >= 0.6 is 0 Å². The number of nitrogens with two attached hydrogens (primary N) is 1. The molecule has 1 spiro atoms. The van der Waals surface area contributed by atoms with Crippen molar-refractivity contribution in [3.8, 4) is 0 Å². The van der Waals surface area contributed by atoms with Gasteiger partial charge in [0.15, 0.2) is 0 Å². The van der Waals surface area contributed by atoms with Crippen LogP contribution in [0.4, 0.5) is 0 Å². The molecule has 2 aliphatic rings. The van der Waals surface area contributed by atoms with Crippen molar-refractivity contribution in [2.75, 3.05) is 26.2 Å². The van der Waals surface area contributed by atoms with Gasteiger partial charge in [-0.05, 0) is 31.7 Å². The summed E-state index contributed by atoms with van der Waals surface area (Å²) in [5, 5.41) is 9.24. The summed E-state index contributed by atoms with van der Waals surface area (Å²) in [5.74, 6) is -0.186. The lowest BCUT2D eigenvalue weighted by Gasteiger charge is -2.58. The van der Waals surface area contributed by atoms with Crippen LogP contribution in [-0.2, 0) is 9.59 Å². The Bertz CT molecular complexity index is 399. The Balaban J connectivity index is 2.12. The van der Waals surface area contributed by atoms with Gasteiger partial charge >= 0.3 is 0 Å². The SMILES string of the molecule is CC(C)CN1CCCCC12CN([C@@H](CO)C(N)=O)C2=O. The Morgan fingerprint density at radius 2 is 2.15 bits per heavy atom. The van der Waals surface area contributed by atoms with E-state index in [1.54, 1.807) is 0 Å². The van der Waals surface area contributed by atoms with Crippen molar-refractivity contribution in [3.05, 3.63) is 0 Å². The predicted octanol–water partition coefficient (Wildman–Crippen LogP) is -0.444. The van der Waals surface area contributed by atoms with Crippen molar-refractivity contribution in [1.82, 2.24) is 9.80 Å². The van der Waals surface area contributed by atoms with Gasteiger partial charge in [0, 0.05) is 13.1 Å². The molecule has 2 amide bonds. The van der Waals surface area contributed by atoms with E-state index in [4.69, 9.17) is 5.73 Å². The summed E-state index contributed by atoms with van der Waals surface area (Å²) in [7, 11) is 0. The van der Waals surface area contributed by atoms with Gasteiger partial charge in [0.1, 0.15) is 11.6 Å². The van der Waals surface area contributed by atoms with Crippen LogP contribution in [0.3, 0.4) is 0 Å². The Kier molecular flexibility index (Phi) is 4.34. The van der Waals surface area contributed by atoms with Crippen LogP contribution in [0.15, 0.2) is 0 Å². The molecule has 2 heterocycles. The number of hydrogen-bond donors (Lipinski definition) is 2. The lowest BCUT2D eigenvalue weighted by molar-refractivity contribution is -0.177. The molecular weight excluding hydrogens is 258 g/mol. The molecule has 2 fully saturated rings. The molecule has 3 N–H and O–H groups in total. The number of hydrogen-bond acceptors (Lipinski definition) is 4. The number of primary amides is 1. The van der Waals surface area contributed by atoms with Gasteiger partial charge in [-0.3, -0.25) is 14.5 Å². The Hall–Kier alpha value is -1.14. The van der Waals surface area contributed by atoms with Gasteiger partial charge in [-0.25, -0.2) is 0 Å². The van der Waals surface area contributed by atoms with Crippen LogP contribution in [0.5, 0.6) is 0 Å². The predicted molar refractivity (Wildman–Crippen MR) is 74.8 cm³/mol. The maximum absolute atomic E-state index is 12.6. The monoisotopic (exact) mass is 283 g/mol. The van der Waals surface area contributed by atoms with Crippen molar-refractivity contribution < 1.29 is 14.7 Å². The van der Waals surface area contributed by atoms with Crippen molar-refractivity contribution >= 4 is 11.8 Å². The Labute approximate surface area is 119 Å². The summed E-state index contributed by atoms with van der Waals surface area (Å²) in [6.45, 7) is 6.21. The number of carbonyl (C=O) groups is 2. The van der Waals surface area contributed by atoms with Gasteiger partial charge in [0.05, 0.1) is 6.61 Å². The highest BCUT2D eigenvalue weighted by Gasteiger charge is 2.58. The fourth-order valence-electron chi connectivity index (χ4n) is 3.41. The van der Waals surface area contributed by atoms with Crippen molar-refractivity contribution in [2.24, 2.45) is 11.7 Å². The molecule has 6 nitrogen and oxygen atoms in total. The van der Waals surface area contributed by atoms with E-state index in [1.807, 2.05) is 0 Å². The zero-order valence-corrected chi connectivity index (χ0v) is 12.3. The second kappa shape index (κ2) is 5.69. The third kappa shape index (κ3) is 2.42. The standard InChI is InChI=1S/C14H25N3O3/c1-10(2)7-16-6-4-3-5-14(16)9-17(13(14)20)11(8-18)12(15)19/h10-11,18H,3-9H2,1-2H3,(H2,15,19)/t11-,14?/m0/s1. The zero-order valence-electron chi connectivity index (χ0n) is 12.3. The van der Waals surface area contributed by atoms with E-state index in [0.29, 0.717) is 12.5 Å². The molecule has 0 saturated carbocycles. The number of rotatable bonds is 5. The molecule has 0 aromatic carbocycles. The molecule has 6 heteroatoms. The molecule has 2 saturated heterocycles. The van der Waals surface area contributed by atoms with Crippen molar-refractivity contribution in [3.63, 3.8) is 0 Å². The summed E-state index contributed by atoms with van der Waals surface area (Å²) in [4.78, 5) is 27.6. The molecule has 0 aliphatic carbocycles. The van der Waals surface area contributed by atoms with Gasteiger partial charge in [-0.1, -0.05) is 13.8 Å². The molecule has 1 unspecified atom stereocenters. The second-order valence-electron chi connectivity index (χ2n) is 6.36. The van der Waals surface area contributed by atoms with E-state index in [1.165, 1.54) is 4.90 Å². The molecule has 114 valence electrons. The molecule has 0 radical (unpaired) electrons. The Morgan fingerprint density at radius 1 is 1.45 bits per heavy atom. The topological polar surface area (TPSA) is 86.9 Å². The van der Waals surface area contributed by atoms with E-state index in [9.17, 15) is 14.7 Å². The van der Waals surface area contributed by atoms with Crippen LogP contribution in [0, 0.1) is 5.92 Å². The van der Waals surface area contributed by atoms with E-state index < -0.39 is 24.1 Å². The van der Waals surface area contributed by atoms with Crippen molar-refractivity contribution in [2.45, 2.75) is 44.7 Å². The van der Waals surface area contributed by atoms with Gasteiger partial charge in [0.2, 0.25) is 11.8 Å². The average molecular weight is 283 g/mol. The maximum atomic E-state index is 12.6. The van der Waals surface area contributed by atoms with Crippen LogP contribution < -0.4 is 5.73 Å². The first-order valence-electron chi connectivity index (χ1n) is 7.38. The minimum atomic E-state index is -0.879. The fraction of sp³-hybridized carbons (Fsp3) is 0.857. The highest BCUT2D eigenvalue weighted by Crippen LogP contribution is 2.39. The number of likely N-dealkylation sites (tertiary alicyclic amines) is 2. The molecule has 20 heavy (non-hydrogen) atoms. The van der Waals surface area contributed by atoms with Gasteiger partial charge in [-0.2, -0.15) is 0 Å². The first kappa shape index (κ1) is 15.3. The van der Waals surface area contributed by atoms with E-state index in [2.05, 4.69) is 18.7 Å². The molecule has 0 aromatic heterocycles. The van der Waals surface area contributed by atoms with Gasteiger partial charge in [-0.15, -0.1) is 0 Å². The third-order valence-corrected chi connectivity index (χ3v) is 4.43. The van der Waals surface area contributed by atoms with E-state index >= 15 is 0 Å². The second-order valence-corrected chi connectivity index (χ2v) is 6.36. The largest absolute Gasteiger partial charge is 0.394 e. The van der Waals surface area contributed by atoms with Crippen LogP contribution in [0.1, 0.15) is 33.1 Å². The number of β-lactam (4-membered cyclic amide) rings is 1. The minimum Gasteiger partial charge on any atom is -0.394 e. The first-order chi connectivity index (χ1) is 9.42. The minimum absolute atomic E-state index is 0.0456. The lowest BCUT2D eigenvalue weighted by Crippen LogP contribution is -2.78. The molecule has 0 bridgehead atoms. The quantitative estimate of drug-likeness (QED) is 0.669. The van der Waals surface area contributed by atoms with E-state index in [0.717, 1.165) is 32.4 Å². The van der Waals surface area contributed by atoms with Gasteiger partial charge < -0.3 is 15.7 Å². The number of carbonyl (C=O) groups excluding carboxylic acids is 2. The summed E-state index contributed by atoms with van der Waals surface area (Å²) >= 11 is 0. The number of aliphatic hydroxyl groups excluding tert-OH is 1. The number of piperidine rings is 1. The summed E-state index contributed by atoms with van der Waals surface area (Å²) < 4.78 is 0. The zero-order chi connectivity index (χ0) is 14.9. The summed E-state index contributed by atoms with van der Waals surface area (Å²) in [6, 6.07) is -0.879. The molecule has 2 aliphatic heterocycles. The smallest absolute Gasteiger partial charge is 0.245 e. The Morgan fingerprint density at radius 3 is 2.65 bits per heavy atom. The highest BCUT2D eigenvalue weighted by molar-refractivity contribution is 5.97. The normalized spacial score (nSPS) is 28.8. The third-order valence-electron chi connectivity index (χ3n) is 4.43. The van der Waals surface area contributed by atoms with Crippen LogP contribution in [0.2, 0.25) is 0 Å². The number of aliphatic hydroxyl groups is 1. The van der Waals surface area contributed by atoms with Gasteiger partial charge in [0.25, 0.3) is 0 Å². The molecule has 2 rings (SSSR count). The molecular formula is C14H25N3O3. The van der Waals surface area contributed by atoms with Crippen LogP contribution in [0.25, 0.3) is 0 Å². The fourth-order valence-corrected chi connectivity index (χ4v) is 3.41. The number of nitrogens with zero attached hydrogens (tertiary/aromatic N) is 2. The molecule has 2 atom stereocenters. The summed E-state index contributed by atoms with van der Waals surface area (Å²) in [6.07, 6.45) is 2.99. The number of amides is 2. The average Bonchev–Trinajstić information content (AvgIpc) is 2.39. The van der Waals surface area contributed by atoms with E-state index in [-0.39, 0.29) is 5.91 Å². The van der Waals surface area contributed by atoms with Crippen molar-refractivity contribution in [1.29, 1.82) is 0 Å². The maximum Gasteiger partial charge on any atom is 0.245 e. The summed E-state index contributed by atoms with van der Waals surface area (Å²) in [5.41, 5.74) is 4.79. The lowest BCUT2D eigenvalue weighted by atomic mass is 9.77. The highest BCUT2D eigenvalue weighted by atomic mass is 16.3.